The highest BCUT2D eigenvalue weighted by Crippen LogP contribution is 2.19. The highest BCUT2D eigenvalue weighted by atomic mass is 16.5. The van der Waals surface area contributed by atoms with Crippen molar-refractivity contribution in [3.8, 4) is 11.8 Å². The summed E-state index contributed by atoms with van der Waals surface area (Å²) in [6.45, 7) is 2.20. The first-order chi connectivity index (χ1) is 12.2. The number of aromatic amines is 1. The Hall–Kier alpha value is -3.26. The molecule has 126 valence electrons. The molecule has 25 heavy (non-hydrogen) atoms. The van der Waals surface area contributed by atoms with E-state index in [-0.39, 0.29) is 5.91 Å². The third kappa shape index (κ3) is 3.81. The molecule has 2 N–H and O–H groups in total. The summed E-state index contributed by atoms with van der Waals surface area (Å²) in [5, 5.41) is 13.1. The predicted octanol–water partition coefficient (Wildman–Crippen LogP) is 3.17. The van der Waals surface area contributed by atoms with Gasteiger partial charge >= 0.3 is 0 Å². The second kappa shape index (κ2) is 7.54. The lowest BCUT2D eigenvalue weighted by Gasteiger charge is -2.15. The van der Waals surface area contributed by atoms with Crippen LogP contribution in [0, 0.1) is 11.3 Å². The third-order valence-electron chi connectivity index (χ3n) is 4.05. The van der Waals surface area contributed by atoms with Gasteiger partial charge in [-0.1, -0.05) is 30.3 Å². The Bertz CT molecular complexity index is 924. The van der Waals surface area contributed by atoms with Crippen LogP contribution in [-0.4, -0.2) is 23.5 Å². The first-order valence-corrected chi connectivity index (χ1v) is 8.17. The molecule has 3 aromatic rings. The molecule has 1 amide bonds. The van der Waals surface area contributed by atoms with Crippen LogP contribution in [0.5, 0.6) is 5.75 Å². The maximum Gasteiger partial charge on any atom is 0.260 e. The van der Waals surface area contributed by atoms with Gasteiger partial charge in [0.05, 0.1) is 5.56 Å². The number of H-pyrrole nitrogens is 1. The van der Waals surface area contributed by atoms with Gasteiger partial charge in [-0.05, 0) is 37.1 Å². The molecule has 0 aliphatic heterocycles. The zero-order valence-electron chi connectivity index (χ0n) is 14.0. The number of hydrogen-bond donors (Lipinski definition) is 2. The van der Waals surface area contributed by atoms with Crippen molar-refractivity contribution in [1.82, 2.24) is 10.3 Å². The number of hydrogen-bond acceptors (Lipinski definition) is 3. The number of amides is 1. The Balaban J connectivity index is 1.54. The van der Waals surface area contributed by atoms with E-state index in [9.17, 15) is 4.79 Å². The van der Waals surface area contributed by atoms with Crippen LogP contribution in [0.4, 0.5) is 0 Å². The summed E-state index contributed by atoms with van der Waals surface area (Å²) >= 11 is 0. The molecule has 1 unspecified atom stereocenters. The molecule has 5 heteroatoms. The summed E-state index contributed by atoms with van der Waals surface area (Å²) < 4.78 is 5.62. The largest absolute Gasteiger partial charge is 0.480 e. The number of nitrogens with one attached hydrogen (secondary N) is 2. The van der Waals surface area contributed by atoms with Crippen molar-refractivity contribution in [1.29, 1.82) is 5.26 Å². The van der Waals surface area contributed by atoms with Crippen LogP contribution >= 0.6 is 0 Å². The maximum atomic E-state index is 12.2. The normalized spacial score (nSPS) is 11.7. The van der Waals surface area contributed by atoms with Gasteiger partial charge in [0.15, 0.2) is 6.10 Å². The minimum absolute atomic E-state index is 0.201. The number of ether oxygens (including phenoxy) is 1. The summed E-state index contributed by atoms with van der Waals surface area (Å²) in [7, 11) is 0. The molecule has 3 rings (SSSR count). The standard InChI is InChI=1S/C20H19N3O2/c1-14(25-19-9-5-2-6-15(19)12-21)20(24)22-11-10-16-13-23-18-8-4-3-7-17(16)18/h2-9,13-14,23H,10-11H2,1H3,(H,22,24). The summed E-state index contributed by atoms with van der Waals surface area (Å²) in [4.78, 5) is 15.4. The van der Waals surface area contributed by atoms with Crippen molar-refractivity contribution in [3.05, 3.63) is 65.9 Å². The van der Waals surface area contributed by atoms with Gasteiger partial charge in [0.25, 0.3) is 5.91 Å². The Morgan fingerprint density at radius 2 is 2.00 bits per heavy atom. The first kappa shape index (κ1) is 16.6. The van der Waals surface area contributed by atoms with E-state index >= 15 is 0 Å². The van der Waals surface area contributed by atoms with Crippen molar-refractivity contribution in [3.63, 3.8) is 0 Å². The second-order valence-corrected chi connectivity index (χ2v) is 5.77. The number of aromatic nitrogens is 1. The molecule has 0 fully saturated rings. The molecular weight excluding hydrogens is 314 g/mol. The third-order valence-corrected chi connectivity index (χ3v) is 4.05. The second-order valence-electron chi connectivity index (χ2n) is 5.77. The van der Waals surface area contributed by atoms with E-state index in [0.29, 0.717) is 17.9 Å². The van der Waals surface area contributed by atoms with Crippen LogP contribution in [0.1, 0.15) is 18.1 Å². The van der Waals surface area contributed by atoms with Gasteiger partial charge in [0, 0.05) is 23.6 Å². The lowest BCUT2D eigenvalue weighted by Crippen LogP contribution is -2.37. The van der Waals surface area contributed by atoms with Crippen LogP contribution in [0.2, 0.25) is 0 Å². The summed E-state index contributed by atoms with van der Waals surface area (Å²) in [5.74, 6) is 0.219. The average Bonchev–Trinajstić information content (AvgIpc) is 3.05. The minimum atomic E-state index is -0.669. The Kier molecular flexibility index (Phi) is 5.00. The van der Waals surface area contributed by atoms with Gasteiger partial charge in [-0.2, -0.15) is 5.26 Å². The van der Waals surface area contributed by atoms with E-state index in [0.717, 1.165) is 11.9 Å². The van der Waals surface area contributed by atoms with Gasteiger partial charge in [0.2, 0.25) is 0 Å². The lowest BCUT2D eigenvalue weighted by atomic mass is 10.1. The highest BCUT2D eigenvalue weighted by molar-refractivity contribution is 5.83. The van der Waals surface area contributed by atoms with E-state index in [1.807, 2.05) is 24.4 Å². The minimum Gasteiger partial charge on any atom is -0.480 e. The maximum absolute atomic E-state index is 12.2. The molecule has 0 bridgehead atoms. The number of rotatable bonds is 6. The number of nitriles is 1. The van der Waals surface area contributed by atoms with E-state index in [2.05, 4.69) is 22.4 Å². The Labute approximate surface area is 146 Å². The first-order valence-electron chi connectivity index (χ1n) is 8.17. The van der Waals surface area contributed by atoms with Crippen LogP contribution in [-0.2, 0) is 11.2 Å². The molecule has 2 aromatic carbocycles. The molecule has 1 heterocycles. The Morgan fingerprint density at radius 3 is 2.84 bits per heavy atom. The van der Waals surface area contributed by atoms with Crippen molar-refractivity contribution in [2.24, 2.45) is 0 Å². The van der Waals surface area contributed by atoms with E-state index in [4.69, 9.17) is 10.00 Å². The van der Waals surface area contributed by atoms with Crippen LogP contribution in [0.15, 0.2) is 54.7 Å². The molecule has 0 saturated carbocycles. The van der Waals surface area contributed by atoms with Gasteiger partial charge in [-0.15, -0.1) is 0 Å². The van der Waals surface area contributed by atoms with Gasteiger partial charge in [0.1, 0.15) is 11.8 Å². The average molecular weight is 333 g/mol. The number of fused-ring (bicyclic) bond motifs is 1. The number of nitrogens with zero attached hydrogens (tertiary/aromatic N) is 1. The molecular formula is C20H19N3O2. The topological polar surface area (TPSA) is 77.9 Å². The van der Waals surface area contributed by atoms with Gasteiger partial charge in [-0.3, -0.25) is 4.79 Å². The molecule has 0 saturated heterocycles. The number of carbonyl (C=O) groups excluding carboxylic acids is 1. The van der Waals surface area contributed by atoms with Crippen LogP contribution in [0.25, 0.3) is 10.9 Å². The SMILES string of the molecule is CC(Oc1ccccc1C#N)C(=O)NCCc1c[nH]c2ccccc12. The summed E-state index contributed by atoms with van der Waals surface area (Å²) in [6, 6.07) is 17.0. The Morgan fingerprint density at radius 1 is 1.24 bits per heavy atom. The number of benzene rings is 2. The fourth-order valence-electron chi connectivity index (χ4n) is 2.71. The summed E-state index contributed by atoms with van der Waals surface area (Å²) in [5.41, 5.74) is 2.67. The zero-order valence-corrected chi connectivity index (χ0v) is 14.0. The lowest BCUT2D eigenvalue weighted by molar-refractivity contribution is -0.127. The quantitative estimate of drug-likeness (QED) is 0.727. The van der Waals surface area contributed by atoms with Gasteiger partial charge in [-0.25, -0.2) is 0 Å². The molecule has 1 aromatic heterocycles. The van der Waals surface area contributed by atoms with E-state index in [1.54, 1.807) is 31.2 Å². The van der Waals surface area contributed by atoms with Gasteiger partial charge < -0.3 is 15.0 Å². The summed E-state index contributed by atoms with van der Waals surface area (Å²) in [6.07, 6.45) is 2.04. The van der Waals surface area contributed by atoms with Crippen molar-refractivity contribution in [2.45, 2.75) is 19.4 Å². The predicted molar refractivity (Wildman–Crippen MR) is 96.3 cm³/mol. The highest BCUT2D eigenvalue weighted by Gasteiger charge is 2.16. The van der Waals surface area contributed by atoms with Crippen molar-refractivity contribution in [2.75, 3.05) is 6.54 Å². The zero-order chi connectivity index (χ0) is 17.6. The molecule has 1 atom stereocenters. The molecule has 5 nitrogen and oxygen atoms in total. The van der Waals surface area contributed by atoms with Crippen LogP contribution in [0.3, 0.4) is 0 Å². The van der Waals surface area contributed by atoms with E-state index in [1.165, 1.54) is 10.9 Å². The van der Waals surface area contributed by atoms with Crippen LogP contribution < -0.4 is 10.1 Å². The molecule has 0 aliphatic carbocycles. The number of carbonyl (C=O) groups is 1. The molecule has 0 aliphatic rings. The fraction of sp³-hybridized carbons (Fsp3) is 0.200. The molecule has 0 radical (unpaired) electrons. The number of para-hydroxylation sites is 2. The fourth-order valence-corrected chi connectivity index (χ4v) is 2.71. The monoisotopic (exact) mass is 333 g/mol. The smallest absolute Gasteiger partial charge is 0.260 e. The van der Waals surface area contributed by atoms with Crippen molar-refractivity contribution < 1.29 is 9.53 Å². The van der Waals surface area contributed by atoms with Crippen molar-refractivity contribution >= 4 is 16.8 Å². The molecule has 0 spiro atoms. The van der Waals surface area contributed by atoms with E-state index < -0.39 is 6.10 Å².